The smallest absolute Gasteiger partial charge is 0.253 e. The van der Waals surface area contributed by atoms with Crippen LogP contribution in [-0.2, 0) is 16.1 Å². The minimum absolute atomic E-state index is 0.157. The molecule has 0 aliphatic carbocycles. The summed E-state index contributed by atoms with van der Waals surface area (Å²) in [4.78, 5) is 31.5. The van der Waals surface area contributed by atoms with Gasteiger partial charge in [0.2, 0.25) is 5.91 Å². The van der Waals surface area contributed by atoms with Gasteiger partial charge in [0.1, 0.15) is 11.9 Å². The Kier molecular flexibility index (Phi) is 7.30. The maximum Gasteiger partial charge on any atom is 0.253 e. The van der Waals surface area contributed by atoms with Gasteiger partial charge in [0.15, 0.2) is 0 Å². The number of rotatable bonds is 6. The van der Waals surface area contributed by atoms with E-state index < -0.39 is 11.9 Å². The first-order valence-corrected chi connectivity index (χ1v) is 10.0. The van der Waals surface area contributed by atoms with E-state index in [4.69, 9.17) is 27.9 Å². The van der Waals surface area contributed by atoms with Gasteiger partial charge < -0.3 is 20.3 Å². The first-order valence-electron chi connectivity index (χ1n) is 9.26. The molecule has 1 aromatic carbocycles. The van der Waals surface area contributed by atoms with Crippen LogP contribution >= 0.6 is 23.2 Å². The molecule has 154 valence electrons. The molecule has 1 unspecified atom stereocenters. The normalized spacial score (nSPS) is 14.9. The van der Waals surface area contributed by atoms with E-state index in [2.05, 4.69) is 20.5 Å². The molecule has 1 saturated heterocycles. The molecule has 1 fully saturated rings. The molecule has 1 aliphatic rings. The van der Waals surface area contributed by atoms with Crippen LogP contribution in [0.25, 0.3) is 0 Å². The van der Waals surface area contributed by atoms with Crippen LogP contribution < -0.4 is 15.5 Å². The molecular formula is C20H22Cl2N4O3. The molecule has 0 bridgehead atoms. The van der Waals surface area contributed by atoms with Gasteiger partial charge in [-0.2, -0.15) is 0 Å². The minimum Gasteiger partial charge on any atom is -0.378 e. The van der Waals surface area contributed by atoms with Crippen LogP contribution in [0.2, 0.25) is 10.0 Å². The number of carbonyl (C=O) groups excluding carboxylic acids is 2. The first kappa shape index (κ1) is 21.4. The van der Waals surface area contributed by atoms with E-state index in [-0.39, 0.29) is 21.5 Å². The number of hydrogen-bond donors (Lipinski definition) is 2. The van der Waals surface area contributed by atoms with Gasteiger partial charge in [-0.15, -0.1) is 0 Å². The Morgan fingerprint density at radius 3 is 2.72 bits per heavy atom. The van der Waals surface area contributed by atoms with E-state index >= 15 is 0 Å². The topological polar surface area (TPSA) is 83.6 Å². The minimum atomic E-state index is -0.749. The fraction of sp³-hybridized carbons (Fsp3) is 0.350. The number of carbonyl (C=O) groups is 2. The summed E-state index contributed by atoms with van der Waals surface area (Å²) in [7, 11) is 0. The predicted octanol–water partition coefficient (Wildman–Crippen LogP) is 2.66. The average molecular weight is 437 g/mol. The van der Waals surface area contributed by atoms with Crippen LogP contribution in [0.1, 0.15) is 22.8 Å². The molecule has 2 heterocycles. The summed E-state index contributed by atoms with van der Waals surface area (Å²) in [6.07, 6.45) is 1.73. The van der Waals surface area contributed by atoms with E-state index in [1.54, 1.807) is 31.3 Å². The number of pyridine rings is 1. The molecule has 1 aliphatic heterocycles. The van der Waals surface area contributed by atoms with Crippen molar-refractivity contribution in [3.63, 3.8) is 0 Å². The summed E-state index contributed by atoms with van der Waals surface area (Å²) >= 11 is 12.0. The van der Waals surface area contributed by atoms with Crippen molar-refractivity contribution in [3.8, 4) is 0 Å². The van der Waals surface area contributed by atoms with Gasteiger partial charge in [-0.3, -0.25) is 9.59 Å². The Morgan fingerprint density at radius 1 is 1.21 bits per heavy atom. The lowest BCUT2D eigenvalue weighted by atomic mass is 10.2. The van der Waals surface area contributed by atoms with E-state index in [1.807, 2.05) is 12.1 Å². The van der Waals surface area contributed by atoms with Crippen molar-refractivity contribution in [1.29, 1.82) is 0 Å². The Bertz CT molecular complexity index is 888. The maximum absolute atomic E-state index is 12.5. The number of halogens is 2. The second-order valence-electron chi connectivity index (χ2n) is 6.60. The fourth-order valence-electron chi connectivity index (χ4n) is 2.98. The van der Waals surface area contributed by atoms with Gasteiger partial charge in [0.25, 0.3) is 5.91 Å². The third kappa shape index (κ3) is 5.38. The molecule has 1 aromatic heterocycles. The van der Waals surface area contributed by atoms with Crippen molar-refractivity contribution in [2.75, 3.05) is 31.2 Å². The standard InChI is InChI=1S/C20H22Cl2N4O3/c1-13(25-20(28)15-5-2-6-16(21)17(15)22)19(27)24-12-14-4-3-7-23-18(14)26-8-10-29-11-9-26/h2-7,13H,8-12H2,1H3,(H,24,27)(H,25,28). The third-order valence-corrected chi connectivity index (χ3v) is 5.39. The maximum atomic E-state index is 12.5. The average Bonchev–Trinajstić information content (AvgIpc) is 2.74. The number of morpholine rings is 1. The Labute approximate surface area is 179 Å². The predicted molar refractivity (Wildman–Crippen MR) is 113 cm³/mol. The monoisotopic (exact) mass is 436 g/mol. The van der Waals surface area contributed by atoms with Crippen molar-refractivity contribution in [2.24, 2.45) is 0 Å². The van der Waals surface area contributed by atoms with Crippen LogP contribution in [0.5, 0.6) is 0 Å². The Morgan fingerprint density at radius 2 is 1.97 bits per heavy atom. The molecule has 29 heavy (non-hydrogen) atoms. The zero-order valence-corrected chi connectivity index (χ0v) is 17.5. The van der Waals surface area contributed by atoms with Crippen LogP contribution in [-0.4, -0.2) is 49.1 Å². The fourth-order valence-corrected chi connectivity index (χ4v) is 3.37. The van der Waals surface area contributed by atoms with Crippen LogP contribution in [0.4, 0.5) is 5.82 Å². The Hall–Kier alpha value is -2.35. The first-order chi connectivity index (χ1) is 14.0. The molecule has 7 nitrogen and oxygen atoms in total. The summed E-state index contributed by atoms with van der Waals surface area (Å²) in [5.74, 6) is 0.0577. The molecule has 1 atom stereocenters. The van der Waals surface area contributed by atoms with Crippen molar-refractivity contribution in [1.82, 2.24) is 15.6 Å². The molecule has 2 aromatic rings. The van der Waals surface area contributed by atoms with Gasteiger partial charge in [-0.25, -0.2) is 4.98 Å². The molecule has 3 rings (SSSR count). The van der Waals surface area contributed by atoms with Crippen molar-refractivity contribution in [2.45, 2.75) is 19.5 Å². The zero-order chi connectivity index (χ0) is 20.8. The number of ether oxygens (including phenoxy) is 1. The van der Waals surface area contributed by atoms with Crippen LogP contribution in [0.3, 0.4) is 0 Å². The number of benzene rings is 1. The van der Waals surface area contributed by atoms with E-state index in [0.29, 0.717) is 19.8 Å². The molecule has 9 heteroatoms. The number of nitrogens with zero attached hydrogens (tertiary/aromatic N) is 2. The highest BCUT2D eigenvalue weighted by atomic mass is 35.5. The van der Waals surface area contributed by atoms with Gasteiger partial charge >= 0.3 is 0 Å². The molecule has 0 saturated carbocycles. The van der Waals surface area contributed by atoms with Crippen molar-refractivity contribution < 1.29 is 14.3 Å². The number of nitrogens with one attached hydrogen (secondary N) is 2. The summed E-state index contributed by atoms with van der Waals surface area (Å²) in [6, 6.07) is 7.78. The molecule has 2 N–H and O–H groups in total. The van der Waals surface area contributed by atoms with Gasteiger partial charge in [-0.05, 0) is 25.1 Å². The lowest BCUT2D eigenvalue weighted by Crippen LogP contribution is -2.45. The summed E-state index contributed by atoms with van der Waals surface area (Å²) < 4.78 is 5.38. The number of anilines is 1. The quantitative estimate of drug-likeness (QED) is 0.726. The highest BCUT2D eigenvalue weighted by Crippen LogP contribution is 2.25. The molecule has 0 radical (unpaired) electrons. The summed E-state index contributed by atoms with van der Waals surface area (Å²) in [5, 5.41) is 5.93. The van der Waals surface area contributed by atoms with Crippen molar-refractivity contribution >= 4 is 40.8 Å². The SMILES string of the molecule is CC(NC(=O)c1cccc(Cl)c1Cl)C(=O)NCc1cccnc1N1CCOCC1. The highest BCUT2D eigenvalue weighted by Gasteiger charge is 2.20. The van der Waals surface area contributed by atoms with E-state index in [9.17, 15) is 9.59 Å². The third-order valence-electron chi connectivity index (χ3n) is 4.57. The lowest BCUT2D eigenvalue weighted by molar-refractivity contribution is -0.122. The highest BCUT2D eigenvalue weighted by molar-refractivity contribution is 6.43. The van der Waals surface area contributed by atoms with Gasteiger partial charge in [-0.1, -0.05) is 35.3 Å². The second kappa shape index (κ2) is 9.91. The number of hydrogen-bond acceptors (Lipinski definition) is 5. The second-order valence-corrected chi connectivity index (χ2v) is 7.39. The van der Waals surface area contributed by atoms with Gasteiger partial charge in [0, 0.05) is 31.4 Å². The Balaban J connectivity index is 1.59. The van der Waals surface area contributed by atoms with E-state index in [0.717, 1.165) is 24.5 Å². The summed E-state index contributed by atoms with van der Waals surface area (Å²) in [5.41, 5.74) is 1.12. The van der Waals surface area contributed by atoms with Crippen LogP contribution in [0.15, 0.2) is 36.5 Å². The molecule has 2 amide bonds. The lowest BCUT2D eigenvalue weighted by Gasteiger charge is -2.29. The molecule has 0 spiro atoms. The van der Waals surface area contributed by atoms with Crippen LogP contribution in [0, 0.1) is 0 Å². The summed E-state index contributed by atoms with van der Waals surface area (Å²) in [6.45, 7) is 4.72. The van der Waals surface area contributed by atoms with E-state index in [1.165, 1.54) is 0 Å². The largest absolute Gasteiger partial charge is 0.378 e. The zero-order valence-electron chi connectivity index (χ0n) is 16.0. The van der Waals surface area contributed by atoms with Gasteiger partial charge in [0.05, 0.1) is 28.8 Å². The number of amides is 2. The molecular weight excluding hydrogens is 415 g/mol. The van der Waals surface area contributed by atoms with Crippen molar-refractivity contribution in [3.05, 3.63) is 57.7 Å². The number of aromatic nitrogens is 1.